The van der Waals surface area contributed by atoms with Gasteiger partial charge in [-0.15, -0.1) is 0 Å². The molecule has 0 heterocycles. The largest absolute Gasteiger partial charge is 0.397 e. The van der Waals surface area contributed by atoms with E-state index in [0.717, 1.165) is 16.9 Å². The van der Waals surface area contributed by atoms with Crippen LogP contribution in [0.2, 0.25) is 0 Å². The molecule has 1 rings (SSSR count). The number of hydrogen-bond acceptors (Lipinski definition) is 3. The van der Waals surface area contributed by atoms with Crippen LogP contribution in [0.25, 0.3) is 0 Å². The van der Waals surface area contributed by atoms with Crippen LogP contribution in [-0.4, -0.2) is 26.5 Å². The second kappa shape index (κ2) is 5.57. The van der Waals surface area contributed by atoms with Crippen molar-refractivity contribution in [3.05, 3.63) is 23.8 Å². The molecular weight excluding hydrogens is 214 g/mol. The maximum absolute atomic E-state index is 11.5. The lowest BCUT2D eigenvalue weighted by atomic mass is 10.1. The molecule has 0 spiro atoms. The Bertz CT molecular complexity index is 404. The lowest BCUT2D eigenvalue weighted by molar-refractivity contribution is -0.123. The lowest BCUT2D eigenvalue weighted by Crippen LogP contribution is -2.34. The Hall–Kier alpha value is -1.71. The first kappa shape index (κ1) is 13.4. The molecule has 1 aromatic carbocycles. The number of amides is 1. The summed E-state index contributed by atoms with van der Waals surface area (Å²) in [6.45, 7) is 4.58. The number of anilines is 2. The fourth-order valence-corrected chi connectivity index (χ4v) is 1.82. The molecule has 94 valence electrons. The summed E-state index contributed by atoms with van der Waals surface area (Å²) in [4.78, 5) is 13.5. The maximum Gasteiger partial charge on any atom is 0.224 e. The number of nitrogens with one attached hydrogen (secondary N) is 1. The molecule has 0 aliphatic rings. The van der Waals surface area contributed by atoms with Gasteiger partial charge >= 0.3 is 0 Å². The highest BCUT2D eigenvalue weighted by Crippen LogP contribution is 2.23. The van der Waals surface area contributed by atoms with Crippen LogP contribution in [0.1, 0.15) is 12.5 Å². The third-order valence-electron chi connectivity index (χ3n) is 2.84. The van der Waals surface area contributed by atoms with Crippen molar-refractivity contribution in [2.24, 2.45) is 5.92 Å². The van der Waals surface area contributed by atoms with E-state index < -0.39 is 0 Å². The Labute approximate surface area is 103 Å². The van der Waals surface area contributed by atoms with E-state index in [9.17, 15) is 4.79 Å². The number of nitrogen functional groups attached to an aromatic ring is 1. The lowest BCUT2D eigenvalue weighted by Gasteiger charge is -2.24. The minimum Gasteiger partial charge on any atom is -0.397 e. The first-order valence-corrected chi connectivity index (χ1v) is 5.74. The number of nitrogens with zero attached hydrogens (tertiary/aromatic N) is 1. The zero-order valence-corrected chi connectivity index (χ0v) is 10.9. The molecule has 0 bridgehead atoms. The Balaban J connectivity index is 2.79. The Morgan fingerprint density at radius 1 is 1.53 bits per heavy atom. The van der Waals surface area contributed by atoms with Gasteiger partial charge in [0.25, 0.3) is 0 Å². The van der Waals surface area contributed by atoms with E-state index in [-0.39, 0.29) is 11.8 Å². The second-order valence-electron chi connectivity index (χ2n) is 4.46. The molecule has 1 unspecified atom stereocenters. The quantitative estimate of drug-likeness (QED) is 0.775. The molecule has 1 amide bonds. The third kappa shape index (κ3) is 3.37. The Morgan fingerprint density at radius 2 is 2.18 bits per heavy atom. The van der Waals surface area contributed by atoms with Crippen molar-refractivity contribution >= 4 is 17.3 Å². The van der Waals surface area contributed by atoms with Crippen molar-refractivity contribution < 1.29 is 4.79 Å². The van der Waals surface area contributed by atoms with Crippen LogP contribution in [0, 0.1) is 12.8 Å². The van der Waals surface area contributed by atoms with Gasteiger partial charge in [0.2, 0.25) is 5.91 Å². The molecule has 1 atom stereocenters. The van der Waals surface area contributed by atoms with E-state index >= 15 is 0 Å². The van der Waals surface area contributed by atoms with Crippen molar-refractivity contribution in [3.63, 3.8) is 0 Å². The molecule has 0 radical (unpaired) electrons. The van der Waals surface area contributed by atoms with Crippen LogP contribution >= 0.6 is 0 Å². The second-order valence-corrected chi connectivity index (χ2v) is 4.46. The van der Waals surface area contributed by atoms with Crippen LogP contribution in [0.4, 0.5) is 11.4 Å². The summed E-state index contributed by atoms with van der Waals surface area (Å²) in [6, 6.07) is 5.91. The molecule has 17 heavy (non-hydrogen) atoms. The number of nitrogens with two attached hydrogens (primary N) is 1. The van der Waals surface area contributed by atoms with Crippen LogP contribution in [-0.2, 0) is 4.79 Å². The van der Waals surface area contributed by atoms with Gasteiger partial charge in [-0.1, -0.05) is 13.0 Å². The third-order valence-corrected chi connectivity index (χ3v) is 2.84. The molecule has 0 saturated heterocycles. The van der Waals surface area contributed by atoms with E-state index in [4.69, 9.17) is 5.73 Å². The molecule has 1 aromatic rings. The predicted octanol–water partition coefficient (Wildman–Crippen LogP) is 1.40. The highest BCUT2D eigenvalue weighted by atomic mass is 16.1. The summed E-state index contributed by atoms with van der Waals surface area (Å²) in [7, 11) is 3.60. The van der Waals surface area contributed by atoms with Gasteiger partial charge in [-0.25, -0.2) is 0 Å². The number of aryl methyl sites for hydroxylation is 1. The van der Waals surface area contributed by atoms with Crippen LogP contribution in [0.5, 0.6) is 0 Å². The first-order valence-electron chi connectivity index (χ1n) is 5.74. The van der Waals surface area contributed by atoms with E-state index in [0.29, 0.717) is 6.54 Å². The first-order chi connectivity index (χ1) is 7.95. The van der Waals surface area contributed by atoms with Crippen molar-refractivity contribution in [1.82, 2.24) is 5.32 Å². The van der Waals surface area contributed by atoms with Crippen molar-refractivity contribution in [1.29, 1.82) is 0 Å². The van der Waals surface area contributed by atoms with Gasteiger partial charge in [0.05, 0.1) is 17.3 Å². The van der Waals surface area contributed by atoms with Gasteiger partial charge in [0.15, 0.2) is 0 Å². The predicted molar refractivity (Wildman–Crippen MR) is 72.1 cm³/mol. The highest BCUT2D eigenvalue weighted by molar-refractivity contribution is 5.79. The van der Waals surface area contributed by atoms with Gasteiger partial charge < -0.3 is 16.0 Å². The molecular formula is C13H21N3O. The molecule has 4 nitrogen and oxygen atoms in total. The topological polar surface area (TPSA) is 58.4 Å². The Kier molecular flexibility index (Phi) is 4.37. The number of benzene rings is 1. The molecule has 0 aliphatic heterocycles. The monoisotopic (exact) mass is 235 g/mol. The van der Waals surface area contributed by atoms with Gasteiger partial charge in [-0.05, 0) is 24.6 Å². The van der Waals surface area contributed by atoms with E-state index in [1.807, 2.05) is 44.0 Å². The van der Waals surface area contributed by atoms with Crippen molar-refractivity contribution in [2.45, 2.75) is 13.8 Å². The summed E-state index contributed by atoms with van der Waals surface area (Å²) >= 11 is 0. The Morgan fingerprint density at radius 3 is 2.76 bits per heavy atom. The van der Waals surface area contributed by atoms with Crippen LogP contribution < -0.4 is 16.0 Å². The molecule has 0 saturated carbocycles. The van der Waals surface area contributed by atoms with Crippen molar-refractivity contribution in [3.8, 4) is 0 Å². The van der Waals surface area contributed by atoms with Crippen molar-refractivity contribution in [2.75, 3.05) is 31.3 Å². The fraction of sp³-hybridized carbons (Fsp3) is 0.462. The fourth-order valence-electron chi connectivity index (χ4n) is 1.82. The van der Waals surface area contributed by atoms with Crippen LogP contribution in [0.3, 0.4) is 0 Å². The zero-order valence-electron chi connectivity index (χ0n) is 10.9. The van der Waals surface area contributed by atoms with Gasteiger partial charge in [-0.2, -0.15) is 0 Å². The number of carbonyl (C=O) groups is 1. The summed E-state index contributed by atoms with van der Waals surface area (Å²) in [5.41, 5.74) is 8.80. The van der Waals surface area contributed by atoms with Crippen LogP contribution in [0.15, 0.2) is 18.2 Å². The summed E-state index contributed by atoms with van der Waals surface area (Å²) in [5, 5.41) is 2.65. The molecule has 0 aliphatic carbocycles. The smallest absolute Gasteiger partial charge is 0.224 e. The number of hydrogen-bond donors (Lipinski definition) is 2. The summed E-state index contributed by atoms with van der Waals surface area (Å²) in [5.74, 6) is -0.0204. The molecule has 3 N–H and O–H groups in total. The SMILES string of the molecule is CNC(=O)C(C)CN(C)c1cc(C)ccc1N. The summed E-state index contributed by atoms with van der Waals surface area (Å²) in [6.07, 6.45) is 0. The average molecular weight is 235 g/mol. The number of rotatable bonds is 4. The minimum absolute atomic E-state index is 0.0445. The van der Waals surface area contributed by atoms with E-state index in [1.165, 1.54) is 0 Å². The van der Waals surface area contributed by atoms with E-state index in [1.54, 1.807) is 7.05 Å². The van der Waals surface area contributed by atoms with Gasteiger partial charge in [0.1, 0.15) is 0 Å². The standard InChI is InChI=1S/C13H21N3O/c1-9-5-6-11(14)12(7-9)16(4)8-10(2)13(17)15-3/h5-7,10H,8,14H2,1-4H3,(H,15,17). The summed E-state index contributed by atoms with van der Waals surface area (Å²) < 4.78 is 0. The molecule has 4 heteroatoms. The average Bonchev–Trinajstić information content (AvgIpc) is 2.30. The van der Waals surface area contributed by atoms with E-state index in [2.05, 4.69) is 5.32 Å². The molecule has 0 aromatic heterocycles. The minimum atomic E-state index is -0.0649. The normalized spacial score (nSPS) is 12.0. The number of carbonyl (C=O) groups excluding carboxylic acids is 1. The molecule has 0 fully saturated rings. The maximum atomic E-state index is 11.5. The van der Waals surface area contributed by atoms with Gasteiger partial charge in [-0.3, -0.25) is 4.79 Å². The zero-order chi connectivity index (χ0) is 13.0. The highest BCUT2D eigenvalue weighted by Gasteiger charge is 2.15. The van der Waals surface area contributed by atoms with Gasteiger partial charge in [0, 0.05) is 20.6 Å².